The molecule has 6 nitrogen and oxygen atoms in total. The lowest BCUT2D eigenvalue weighted by Gasteiger charge is -2.11. The van der Waals surface area contributed by atoms with Gasteiger partial charge in [0, 0.05) is 26.9 Å². The van der Waals surface area contributed by atoms with Gasteiger partial charge in [0.1, 0.15) is 23.3 Å². The summed E-state index contributed by atoms with van der Waals surface area (Å²) in [7, 11) is 0. The average molecular weight is 550 g/mol. The second-order valence-electron chi connectivity index (χ2n) is 10.6. The molecule has 6 heteroatoms. The Bertz CT molecular complexity index is 2710. The summed E-state index contributed by atoms with van der Waals surface area (Å²) in [5, 5.41) is 25.3. The van der Waals surface area contributed by atoms with Crippen LogP contribution in [-0.2, 0) is 0 Å². The van der Waals surface area contributed by atoms with Crippen LogP contribution in [0.15, 0.2) is 120 Å². The molecule has 0 radical (unpaired) electrons. The molecule has 9 rings (SSSR count). The normalized spacial score (nSPS) is 11.7. The number of benzene rings is 5. The summed E-state index contributed by atoms with van der Waals surface area (Å²) in [6, 6.07) is 42.8. The Morgan fingerprint density at radius 3 is 1.93 bits per heavy atom. The first-order valence-corrected chi connectivity index (χ1v) is 13.9. The van der Waals surface area contributed by atoms with E-state index in [4.69, 9.17) is 9.40 Å². The van der Waals surface area contributed by atoms with E-state index in [0.717, 1.165) is 71.6 Å². The van der Waals surface area contributed by atoms with Crippen LogP contribution in [0.4, 0.5) is 0 Å². The van der Waals surface area contributed by atoms with E-state index in [9.17, 15) is 10.5 Å². The molecule has 0 amide bonds. The molecule has 198 valence electrons. The van der Waals surface area contributed by atoms with Crippen LogP contribution in [0.5, 0.6) is 0 Å². The van der Waals surface area contributed by atoms with E-state index in [1.165, 1.54) is 0 Å². The van der Waals surface area contributed by atoms with Gasteiger partial charge in [-0.3, -0.25) is 9.13 Å². The van der Waals surface area contributed by atoms with E-state index in [1.807, 2.05) is 72.8 Å². The zero-order valence-corrected chi connectivity index (χ0v) is 22.6. The Labute approximate surface area is 244 Å². The molecular weight excluding hydrogens is 530 g/mol. The molecule has 4 aromatic heterocycles. The smallest absolute Gasteiger partial charge is 0.153 e. The lowest BCUT2D eigenvalue weighted by molar-refractivity contribution is 0.671. The Balaban J connectivity index is 1.35. The molecule has 0 spiro atoms. The summed E-state index contributed by atoms with van der Waals surface area (Å²) in [6.07, 6.45) is 0. The fourth-order valence-corrected chi connectivity index (χ4v) is 6.59. The van der Waals surface area contributed by atoms with Gasteiger partial charge in [-0.15, -0.1) is 0 Å². The van der Waals surface area contributed by atoms with Gasteiger partial charge < -0.3 is 4.42 Å². The van der Waals surface area contributed by atoms with Crippen molar-refractivity contribution in [3.63, 3.8) is 0 Å². The minimum atomic E-state index is 0.521. The molecule has 0 aliphatic carbocycles. The van der Waals surface area contributed by atoms with Crippen LogP contribution in [0.25, 0.3) is 77.2 Å². The van der Waals surface area contributed by atoms with Crippen LogP contribution in [0, 0.1) is 22.7 Å². The summed E-state index contributed by atoms with van der Waals surface area (Å²) in [5.74, 6) is 1.55. The zero-order valence-electron chi connectivity index (χ0n) is 22.6. The van der Waals surface area contributed by atoms with Gasteiger partial charge in [-0.25, -0.2) is 4.98 Å². The van der Waals surface area contributed by atoms with Gasteiger partial charge in [-0.1, -0.05) is 54.6 Å². The Hall–Kier alpha value is -6.37. The maximum absolute atomic E-state index is 9.72. The third kappa shape index (κ3) is 3.12. The van der Waals surface area contributed by atoms with Crippen molar-refractivity contribution in [3.8, 4) is 23.8 Å². The van der Waals surface area contributed by atoms with Crippen molar-refractivity contribution < 1.29 is 4.42 Å². The lowest BCUT2D eigenvalue weighted by Crippen LogP contribution is -2.03. The Morgan fingerprint density at radius 2 is 1.14 bits per heavy atom. The Morgan fingerprint density at radius 1 is 0.512 bits per heavy atom. The summed E-state index contributed by atoms with van der Waals surface area (Å²) in [4.78, 5) is 5.24. The third-order valence-corrected chi connectivity index (χ3v) is 8.40. The summed E-state index contributed by atoms with van der Waals surface area (Å²) < 4.78 is 10.8. The largest absolute Gasteiger partial charge is 0.454 e. The van der Waals surface area contributed by atoms with Crippen molar-refractivity contribution >= 4 is 65.6 Å². The van der Waals surface area contributed by atoms with Crippen LogP contribution in [0.2, 0.25) is 0 Å². The number of nitrogens with zero attached hydrogens (tertiary/aromatic N) is 5. The van der Waals surface area contributed by atoms with Crippen molar-refractivity contribution in [1.82, 2.24) is 14.1 Å². The molecule has 9 aromatic rings. The summed E-state index contributed by atoms with van der Waals surface area (Å²) in [6.45, 7) is 0. The molecule has 0 saturated carbocycles. The van der Waals surface area contributed by atoms with E-state index >= 15 is 0 Å². The first kappa shape index (κ1) is 23.3. The highest BCUT2D eigenvalue weighted by atomic mass is 16.3. The first-order valence-electron chi connectivity index (χ1n) is 13.9. The number of fused-ring (bicyclic) bond motifs is 10. The highest BCUT2D eigenvalue weighted by molar-refractivity contribution is 6.24. The van der Waals surface area contributed by atoms with Crippen LogP contribution in [0.3, 0.4) is 0 Å². The lowest BCUT2D eigenvalue weighted by atomic mass is 10.1. The molecule has 0 unspecified atom stereocenters. The molecule has 0 aliphatic rings. The van der Waals surface area contributed by atoms with E-state index in [2.05, 4.69) is 57.7 Å². The highest BCUT2D eigenvalue weighted by Crippen LogP contribution is 2.41. The summed E-state index contributed by atoms with van der Waals surface area (Å²) >= 11 is 0. The average Bonchev–Trinajstić information content (AvgIpc) is 3.72. The maximum Gasteiger partial charge on any atom is 0.153 e. The molecule has 0 bridgehead atoms. The maximum atomic E-state index is 9.72. The third-order valence-electron chi connectivity index (χ3n) is 8.40. The van der Waals surface area contributed by atoms with Gasteiger partial charge in [0.15, 0.2) is 5.58 Å². The molecule has 4 heterocycles. The number of aromatic nitrogens is 3. The topological polar surface area (TPSA) is 83.5 Å². The monoisotopic (exact) mass is 549 g/mol. The molecule has 0 saturated heterocycles. The van der Waals surface area contributed by atoms with Crippen molar-refractivity contribution in [2.24, 2.45) is 0 Å². The van der Waals surface area contributed by atoms with Gasteiger partial charge in [-0.05, 0) is 60.7 Å². The zero-order chi connectivity index (χ0) is 28.7. The number of furan rings is 1. The highest BCUT2D eigenvalue weighted by Gasteiger charge is 2.21. The second-order valence-corrected chi connectivity index (χ2v) is 10.6. The number of hydrogen-bond donors (Lipinski definition) is 0. The minimum absolute atomic E-state index is 0.521. The number of nitriles is 2. The van der Waals surface area contributed by atoms with Gasteiger partial charge in [0.05, 0.1) is 44.6 Å². The molecule has 43 heavy (non-hydrogen) atoms. The molecule has 0 N–H and O–H groups in total. The molecular formula is C37H19N5O. The molecule has 0 fully saturated rings. The van der Waals surface area contributed by atoms with E-state index < -0.39 is 0 Å². The van der Waals surface area contributed by atoms with Gasteiger partial charge >= 0.3 is 0 Å². The van der Waals surface area contributed by atoms with E-state index in [1.54, 1.807) is 6.07 Å². The van der Waals surface area contributed by atoms with Crippen LogP contribution >= 0.6 is 0 Å². The second kappa shape index (κ2) is 8.57. The fourth-order valence-electron chi connectivity index (χ4n) is 6.59. The number of pyridine rings is 1. The van der Waals surface area contributed by atoms with Crippen LogP contribution in [0.1, 0.15) is 11.1 Å². The predicted molar refractivity (Wildman–Crippen MR) is 170 cm³/mol. The standard InChI is InChI=1S/C37H19N5O/c38-20-22-15-17-31-28(19-22)24-8-1-3-11-29(24)41(31)33-13-6-14-34(40-33)42-30-12-4-2-9-27(30)35-32(42)18-16-26-25-10-5-7-23(21-39)36(25)43-37(26)35/h1-19H. The molecule has 0 atom stereocenters. The van der Waals surface area contributed by atoms with Crippen molar-refractivity contribution in [2.75, 3.05) is 0 Å². The summed E-state index contributed by atoms with van der Waals surface area (Å²) in [5.41, 5.74) is 6.51. The fraction of sp³-hybridized carbons (Fsp3) is 0. The van der Waals surface area contributed by atoms with Gasteiger partial charge in [0.25, 0.3) is 0 Å². The Kier molecular flexibility index (Phi) is 4.65. The van der Waals surface area contributed by atoms with E-state index in [0.29, 0.717) is 16.7 Å². The van der Waals surface area contributed by atoms with E-state index in [-0.39, 0.29) is 0 Å². The number of para-hydroxylation sites is 3. The predicted octanol–water partition coefficient (Wildman–Crippen LogP) is 8.92. The SMILES string of the molecule is N#Cc1ccc2c(c1)c1ccccc1n2-c1cccc(-n2c3ccccc3c3c4oc5c(C#N)cccc5c4ccc32)n1. The van der Waals surface area contributed by atoms with Crippen molar-refractivity contribution in [1.29, 1.82) is 10.5 Å². The quantitative estimate of drug-likeness (QED) is 0.215. The van der Waals surface area contributed by atoms with Gasteiger partial charge in [0.2, 0.25) is 0 Å². The van der Waals surface area contributed by atoms with Gasteiger partial charge in [-0.2, -0.15) is 10.5 Å². The molecule has 0 aliphatic heterocycles. The van der Waals surface area contributed by atoms with Crippen LogP contribution in [-0.4, -0.2) is 14.1 Å². The first-order chi connectivity index (χ1) is 21.2. The number of rotatable bonds is 2. The van der Waals surface area contributed by atoms with Crippen LogP contribution < -0.4 is 0 Å². The van der Waals surface area contributed by atoms with Crippen molar-refractivity contribution in [2.45, 2.75) is 0 Å². The molecule has 5 aromatic carbocycles. The van der Waals surface area contributed by atoms with Crippen molar-refractivity contribution in [3.05, 3.63) is 126 Å². The minimum Gasteiger partial charge on any atom is -0.454 e. The number of hydrogen-bond acceptors (Lipinski definition) is 4.